The highest BCUT2D eigenvalue weighted by molar-refractivity contribution is 5.87. The molecule has 0 aromatic carbocycles. The molecule has 146 valence electrons. The minimum atomic E-state index is -0.778. The summed E-state index contributed by atoms with van der Waals surface area (Å²) >= 11 is 0. The zero-order chi connectivity index (χ0) is 16.3. The number of likely N-dealkylation sites (tertiary alicyclic amines) is 1. The standard InChI is InChI=1S/C16H28N4O3.2ClH/c17-16(3-11-23-12-4-16)15(22)20-9-7-19(8-10-20)14(21)13-18-5-1-2-6-18;;/h1-13,17H2;2*1H. The van der Waals surface area contributed by atoms with E-state index < -0.39 is 5.54 Å². The predicted octanol–water partition coefficient (Wildman–Crippen LogP) is 0.105. The summed E-state index contributed by atoms with van der Waals surface area (Å²) < 4.78 is 5.31. The van der Waals surface area contributed by atoms with E-state index in [1.165, 1.54) is 12.8 Å². The van der Waals surface area contributed by atoms with Gasteiger partial charge in [-0.3, -0.25) is 14.5 Å². The molecule has 3 heterocycles. The first-order valence-corrected chi connectivity index (χ1v) is 8.75. The van der Waals surface area contributed by atoms with Crippen LogP contribution in [0.2, 0.25) is 0 Å². The van der Waals surface area contributed by atoms with Crippen molar-refractivity contribution in [3.05, 3.63) is 0 Å². The Bertz CT molecular complexity index is 447. The van der Waals surface area contributed by atoms with Gasteiger partial charge < -0.3 is 20.3 Å². The van der Waals surface area contributed by atoms with Crippen LogP contribution in [0.3, 0.4) is 0 Å². The number of piperazine rings is 1. The van der Waals surface area contributed by atoms with Crippen molar-refractivity contribution < 1.29 is 14.3 Å². The average molecular weight is 397 g/mol. The maximum Gasteiger partial charge on any atom is 0.242 e. The molecule has 0 aromatic heterocycles. The molecule has 7 nitrogen and oxygen atoms in total. The van der Waals surface area contributed by atoms with E-state index in [0.717, 1.165) is 13.1 Å². The Balaban J connectivity index is 0.00000156. The van der Waals surface area contributed by atoms with Gasteiger partial charge in [0.05, 0.1) is 12.1 Å². The Morgan fingerprint density at radius 2 is 1.40 bits per heavy atom. The highest BCUT2D eigenvalue weighted by atomic mass is 35.5. The number of ether oxygens (including phenoxy) is 1. The monoisotopic (exact) mass is 396 g/mol. The lowest BCUT2D eigenvalue weighted by atomic mass is 9.89. The first-order valence-electron chi connectivity index (χ1n) is 8.75. The Morgan fingerprint density at radius 3 is 1.96 bits per heavy atom. The molecule has 0 saturated carbocycles. The molecule has 3 fully saturated rings. The van der Waals surface area contributed by atoms with Gasteiger partial charge in [0.25, 0.3) is 0 Å². The van der Waals surface area contributed by atoms with Crippen LogP contribution in [0.15, 0.2) is 0 Å². The van der Waals surface area contributed by atoms with Crippen LogP contribution in [-0.2, 0) is 14.3 Å². The average Bonchev–Trinajstić information content (AvgIpc) is 3.08. The van der Waals surface area contributed by atoms with Gasteiger partial charge >= 0.3 is 0 Å². The van der Waals surface area contributed by atoms with Crippen molar-refractivity contribution in [2.45, 2.75) is 31.2 Å². The summed E-state index contributed by atoms with van der Waals surface area (Å²) in [7, 11) is 0. The molecule has 3 rings (SSSR count). The van der Waals surface area contributed by atoms with Gasteiger partial charge in [-0.2, -0.15) is 0 Å². The van der Waals surface area contributed by atoms with Crippen LogP contribution in [0, 0.1) is 0 Å². The van der Waals surface area contributed by atoms with Crippen molar-refractivity contribution in [1.29, 1.82) is 0 Å². The van der Waals surface area contributed by atoms with Crippen LogP contribution < -0.4 is 5.73 Å². The van der Waals surface area contributed by atoms with Crippen LogP contribution >= 0.6 is 24.8 Å². The van der Waals surface area contributed by atoms with Gasteiger partial charge in [0.15, 0.2) is 0 Å². The third-order valence-electron chi connectivity index (χ3n) is 5.29. The summed E-state index contributed by atoms with van der Waals surface area (Å²) in [6.07, 6.45) is 3.55. The molecule has 0 aromatic rings. The van der Waals surface area contributed by atoms with E-state index in [2.05, 4.69) is 4.90 Å². The number of amides is 2. The minimum Gasteiger partial charge on any atom is -0.381 e. The summed E-state index contributed by atoms with van der Waals surface area (Å²) in [5.74, 6) is 0.208. The topological polar surface area (TPSA) is 79.1 Å². The van der Waals surface area contributed by atoms with Gasteiger partial charge in [-0.25, -0.2) is 0 Å². The van der Waals surface area contributed by atoms with Crippen molar-refractivity contribution in [3.63, 3.8) is 0 Å². The lowest BCUT2D eigenvalue weighted by molar-refractivity contribution is -0.146. The van der Waals surface area contributed by atoms with E-state index in [4.69, 9.17) is 10.5 Å². The van der Waals surface area contributed by atoms with Crippen LogP contribution in [0.5, 0.6) is 0 Å². The highest BCUT2D eigenvalue weighted by Gasteiger charge is 2.40. The summed E-state index contributed by atoms with van der Waals surface area (Å²) in [6, 6.07) is 0. The molecule has 9 heteroatoms. The summed E-state index contributed by atoms with van der Waals surface area (Å²) in [5.41, 5.74) is 5.50. The second kappa shape index (κ2) is 9.92. The number of nitrogens with two attached hydrogens (primary N) is 1. The Morgan fingerprint density at radius 1 is 0.880 bits per heavy atom. The largest absolute Gasteiger partial charge is 0.381 e. The Hall–Kier alpha value is -0.600. The minimum absolute atomic E-state index is 0. The molecule has 0 radical (unpaired) electrons. The predicted molar refractivity (Wildman–Crippen MR) is 100 cm³/mol. The third-order valence-corrected chi connectivity index (χ3v) is 5.29. The van der Waals surface area contributed by atoms with E-state index in [-0.39, 0.29) is 36.6 Å². The second-order valence-electron chi connectivity index (χ2n) is 6.92. The van der Waals surface area contributed by atoms with Gasteiger partial charge in [0.2, 0.25) is 11.8 Å². The van der Waals surface area contributed by atoms with Gasteiger partial charge in [-0.05, 0) is 38.8 Å². The first-order chi connectivity index (χ1) is 11.1. The molecule has 3 aliphatic heterocycles. The van der Waals surface area contributed by atoms with E-state index in [9.17, 15) is 9.59 Å². The quantitative estimate of drug-likeness (QED) is 0.731. The zero-order valence-corrected chi connectivity index (χ0v) is 16.3. The number of hydrogen-bond donors (Lipinski definition) is 1. The Kier molecular flexibility index (Phi) is 8.91. The SMILES string of the molecule is Cl.Cl.NC1(C(=O)N2CCN(C(=O)CN3CCCC3)CC2)CCOCC1. The van der Waals surface area contributed by atoms with Gasteiger partial charge in [-0.1, -0.05) is 0 Å². The maximum absolute atomic E-state index is 12.7. The lowest BCUT2D eigenvalue weighted by Gasteiger charge is -2.41. The van der Waals surface area contributed by atoms with E-state index >= 15 is 0 Å². The molecule has 0 unspecified atom stereocenters. The number of halogens is 2. The molecule has 3 aliphatic rings. The summed E-state index contributed by atoms with van der Waals surface area (Å²) in [4.78, 5) is 30.9. The maximum atomic E-state index is 12.7. The molecule has 2 amide bonds. The van der Waals surface area contributed by atoms with Gasteiger partial charge in [0.1, 0.15) is 0 Å². The number of rotatable bonds is 3. The van der Waals surface area contributed by atoms with Gasteiger partial charge in [0, 0.05) is 39.4 Å². The van der Waals surface area contributed by atoms with E-state index in [0.29, 0.717) is 58.8 Å². The number of carbonyl (C=O) groups excluding carboxylic acids is 2. The molecular formula is C16H30Cl2N4O3. The smallest absolute Gasteiger partial charge is 0.242 e. The summed E-state index contributed by atoms with van der Waals surface area (Å²) in [6.45, 7) is 6.09. The second-order valence-corrected chi connectivity index (χ2v) is 6.92. The molecular weight excluding hydrogens is 367 g/mol. The molecule has 2 N–H and O–H groups in total. The number of nitrogens with zero attached hydrogens (tertiary/aromatic N) is 3. The fourth-order valence-corrected chi connectivity index (χ4v) is 3.66. The fraction of sp³-hybridized carbons (Fsp3) is 0.875. The number of hydrogen-bond acceptors (Lipinski definition) is 5. The normalized spacial score (nSPS) is 23.6. The fourth-order valence-electron chi connectivity index (χ4n) is 3.66. The van der Waals surface area contributed by atoms with E-state index in [1.54, 1.807) is 0 Å². The molecule has 3 saturated heterocycles. The summed E-state index contributed by atoms with van der Waals surface area (Å²) in [5, 5.41) is 0. The van der Waals surface area contributed by atoms with Crippen molar-refractivity contribution in [2.24, 2.45) is 5.73 Å². The number of carbonyl (C=O) groups is 2. The molecule has 25 heavy (non-hydrogen) atoms. The van der Waals surface area contributed by atoms with Crippen molar-refractivity contribution in [1.82, 2.24) is 14.7 Å². The zero-order valence-electron chi connectivity index (χ0n) is 14.7. The van der Waals surface area contributed by atoms with Crippen LogP contribution in [0.1, 0.15) is 25.7 Å². The first kappa shape index (κ1) is 22.4. The van der Waals surface area contributed by atoms with Crippen LogP contribution in [0.4, 0.5) is 0 Å². The lowest BCUT2D eigenvalue weighted by Crippen LogP contribution is -2.62. The third kappa shape index (κ3) is 5.44. The van der Waals surface area contributed by atoms with E-state index in [1.807, 2.05) is 9.80 Å². The van der Waals surface area contributed by atoms with Crippen molar-refractivity contribution >= 4 is 36.6 Å². The molecule has 0 atom stereocenters. The van der Waals surface area contributed by atoms with Crippen molar-refractivity contribution in [2.75, 3.05) is 59.0 Å². The van der Waals surface area contributed by atoms with Gasteiger partial charge in [-0.15, -0.1) is 24.8 Å². The Labute approximate surface area is 162 Å². The van der Waals surface area contributed by atoms with Crippen LogP contribution in [0.25, 0.3) is 0 Å². The molecule has 0 aliphatic carbocycles. The highest BCUT2D eigenvalue weighted by Crippen LogP contribution is 2.21. The molecule has 0 spiro atoms. The molecule has 0 bridgehead atoms. The van der Waals surface area contributed by atoms with Crippen molar-refractivity contribution in [3.8, 4) is 0 Å². The van der Waals surface area contributed by atoms with Crippen LogP contribution in [-0.4, -0.2) is 91.1 Å².